The van der Waals surface area contributed by atoms with Crippen LogP contribution < -0.4 is 29.6 Å². The Morgan fingerprint density at radius 3 is 2.47 bits per heavy atom. The van der Waals surface area contributed by atoms with Crippen LogP contribution in [0.15, 0.2) is 41.2 Å². The van der Waals surface area contributed by atoms with Crippen molar-refractivity contribution in [1.29, 1.82) is 0 Å². The minimum absolute atomic E-state index is 0.162. The first kappa shape index (κ1) is 20.0. The van der Waals surface area contributed by atoms with Crippen molar-refractivity contribution < 1.29 is 19.1 Å². The second kappa shape index (κ2) is 8.62. The average Bonchev–Trinajstić information content (AvgIpc) is 2.78. The summed E-state index contributed by atoms with van der Waals surface area (Å²) in [4.78, 5) is 23.9. The van der Waals surface area contributed by atoms with E-state index in [1.165, 1.54) is 10.6 Å². The summed E-state index contributed by atoms with van der Waals surface area (Å²) < 4.78 is 16.0. The first-order valence-corrected chi connectivity index (χ1v) is 9.98. The smallest absolute Gasteiger partial charge is 0.259 e. The molecule has 0 radical (unpaired) electrons. The Kier molecular flexibility index (Phi) is 5.76. The van der Waals surface area contributed by atoms with Gasteiger partial charge in [-0.1, -0.05) is 6.07 Å². The van der Waals surface area contributed by atoms with Crippen LogP contribution in [0.2, 0.25) is 0 Å². The van der Waals surface area contributed by atoms with Crippen molar-refractivity contribution >= 4 is 16.6 Å². The molecule has 30 heavy (non-hydrogen) atoms. The summed E-state index contributed by atoms with van der Waals surface area (Å²) in [5, 5.41) is 0.495. The van der Waals surface area contributed by atoms with Crippen molar-refractivity contribution in [2.45, 2.75) is 6.54 Å². The molecular weight excluding hydrogens is 384 g/mol. The van der Waals surface area contributed by atoms with E-state index in [1.807, 2.05) is 12.1 Å². The molecule has 0 amide bonds. The fourth-order valence-corrected chi connectivity index (χ4v) is 3.90. The molecule has 1 fully saturated rings. The van der Waals surface area contributed by atoms with E-state index in [9.17, 15) is 4.79 Å². The third-order valence-corrected chi connectivity index (χ3v) is 5.57. The summed E-state index contributed by atoms with van der Waals surface area (Å²) in [6, 6.07) is 11.6. The molecule has 1 aromatic heterocycles. The van der Waals surface area contributed by atoms with Gasteiger partial charge in [-0.2, -0.15) is 0 Å². The number of nitrogens with zero attached hydrogens (tertiary/aromatic N) is 2. The third kappa shape index (κ3) is 4.04. The van der Waals surface area contributed by atoms with Crippen molar-refractivity contribution in [3.8, 4) is 17.2 Å². The minimum Gasteiger partial charge on any atom is -0.497 e. The second-order valence-electron chi connectivity index (χ2n) is 7.35. The molecule has 158 valence electrons. The highest BCUT2D eigenvalue weighted by Crippen LogP contribution is 2.29. The number of nitrogens with one attached hydrogen (secondary N) is 2. The number of fused-ring (bicyclic) bond motifs is 1. The van der Waals surface area contributed by atoms with Gasteiger partial charge in [0.2, 0.25) is 0 Å². The van der Waals surface area contributed by atoms with Crippen molar-refractivity contribution in [2.24, 2.45) is 0 Å². The molecule has 2 aromatic carbocycles. The lowest BCUT2D eigenvalue weighted by molar-refractivity contribution is -0.915. The molecule has 0 aliphatic carbocycles. The number of rotatable bonds is 6. The van der Waals surface area contributed by atoms with E-state index < -0.39 is 0 Å². The maximum Gasteiger partial charge on any atom is 0.259 e. The molecule has 0 atom stereocenters. The quantitative estimate of drug-likeness (QED) is 0.626. The number of aromatic nitrogens is 2. The molecule has 4 rings (SSSR count). The number of benzene rings is 2. The van der Waals surface area contributed by atoms with Crippen LogP contribution in [0.3, 0.4) is 0 Å². The number of piperazine rings is 1. The van der Waals surface area contributed by atoms with E-state index >= 15 is 0 Å². The Morgan fingerprint density at radius 2 is 1.77 bits per heavy atom. The number of aromatic amines is 1. The standard InChI is InChI=1S/C22H26N4O4/c1-28-16-6-4-5-15(11-16)26-9-7-25(8-10-26)14-21-23-18-13-20(30-3)19(29-2)12-17(18)22(27)24-21/h4-6,11-13H,7-10,14H2,1-3H3,(H,23,24,27)/p+1. The predicted octanol–water partition coefficient (Wildman–Crippen LogP) is 0.854. The fourth-order valence-electron chi connectivity index (χ4n) is 3.90. The molecule has 0 saturated carbocycles. The minimum atomic E-state index is -0.162. The Balaban J connectivity index is 1.48. The molecule has 1 aliphatic rings. The van der Waals surface area contributed by atoms with Gasteiger partial charge in [-0.3, -0.25) is 4.79 Å². The van der Waals surface area contributed by atoms with E-state index in [2.05, 4.69) is 27.0 Å². The molecule has 2 N–H and O–H groups in total. The van der Waals surface area contributed by atoms with Crippen LogP contribution in [0, 0.1) is 0 Å². The van der Waals surface area contributed by atoms with Gasteiger partial charge in [0.15, 0.2) is 17.3 Å². The summed E-state index contributed by atoms with van der Waals surface area (Å²) in [6.07, 6.45) is 0. The van der Waals surface area contributed by atoms with Gasteiger partial charge in [-0.25, -0.2) is 4.98 Å². The molecule has 0 bridgehead atoms. The second-order valence-corrected chi connectivity index (χ2v) is 7.35. The van der Waals surface area contributed by atoms with E-state index in [4.69, 9.17) is 14.2 Å². The van der Waals surface area contributed by atoms with Gasteiger partial charge in [0.25, 0.3) is 5.56 Å². The Morgan fingerprint density at radius 1 is 1.03 bits per heavy atom. The SMILES string of the molecule is COc1cccc(N2CC[NH+](Cc3nc4cc(OC)c(OC)cc4c(=O)[nH]3)CC2)c1. The van der Waals surface area contributed by atoms with Crippen molar-refractivity contribution in [3.05, 3.63) is 52.6 Å². The maximum atomic E-state index is 12.6. The summed E-state index contributed by atoms with van der Waals surface area (Å²) in [5.41, 5.74) is 1.62. The van der Waals surface area contributed by atoms with Crippen LogP contribution in [0.25, 0.3) is 10.9 Å². The zero-order valence-corrected chi connectivity index (χ0v) is 17.5. The highest BCUT2D eigenvalue weighted by molar-refractivity contribution is 5.81. The molecule has 0 spiro atoms. The van der Waals surface area contributed by atoms with Crippen LogP contribution in [-0.4, -0.2) is 57.5 Å². The van der Waals surface area contributed by atoms with E-state index in [0.29, 0.717) is 34.8 Å². The zero-order valence-electron chi connectivity index (χ0n) is 17.5. The van der Waals surface area contributed by atoms with Crippen LogP contribution in [-0.2, 0) is 6.54 Å². The summed E-state index contributed by atoms with van der Waals surface area (Å²) in [6.45, 7) is 4.47. The summed E-state index contributed by atoms with van der Waals surface area (Å²) >= 11 is 0. The van der Waals surface area contributed by atoms with Crippen molar-refractivity contribution in [2.75, 3.05) is 52.4 Å². The molecule has 3 aromatic rings. The van der Waals surface area contributed by atoms with Crippen molar-refractivity contribution in [1.82, 2.24) is 9.97 Å². The van der Waals surface area contributed by atoms with Crippen LogP contribution in [0.1, 0.15) is 5.82 Å². The Bertz CT molecular complexity index is 1090. The first-order valence-electron chi connectivity index (χ1n) is 9.98. The normalized spacial score (nSPS) is 14.7. The fraction of sp³-hybridized carbons (Fsp3) is 0.364. The van der Waals surface area contributed by atoms with Crippen LogP contribution in [0.4, 0.5) is 5.69 Å². The largest absolute Gasteiger partial charge is 0.497 e. The van der Waals surface area contributed by atoms with Gasteiger partial charge in [0.05, 0.1) is 58.4 Å². The van der Waals surface area contributed by atoms with E-state index in [1.54, 1.807) is 33.5 Å². The number of hydrogen-bond acceptors (Lipinski definition) is 6. The summed E-state index contributed by atoms with van der Waals surface area (Å²) in [7, 11) is 4.81. The number of anilines is 1. The molecule has 8 nitrogen and oxygen atoms in total. The Hall–Kier alpha value is -3.26. The highest BCUT2D eigenvalue weighted by atomic mass is 16.5. The van der Waals surface area contributed by atoms with Crippen LogP contribution in [0.5, 0.6) is 17.2 Å². The lowest BCUT2D eigenvalue weighted by Crippen LogP contribution is -3.13. The van der Waals surface area contributed by atoms with E-state index in [0.717, 1.165) is 31.9 Å². The lowest BCUT2D eigenvalue weighted by Gasteiger charge is -2.33. The third-order valence-electron chi connectivity index (χ3n) is 5.57. The van der Waals surface area contributed by atoms with Gasteiger partial charge in [-0.15, -0.1) is 0 Å². The maximum absolute atomic E-state index is 12.6. The topological polar surface area (TPSA) is 81.1 Å². The van der Waals surface area contributed by atoms with Gasteiger partial charge >= 0.3 is 0 Å². The zero-order chi connectivity index (χ0) is 21.1. The molecule has 2 heterocycles. The summed E-state index contributed by atoms with van der Waals surface area (Å²) in [5.74, 6) is 2.63. The van der Waals surface area contributed by atoms with Gasteiger partial charge in [0, 0.05) is 17.8 Å². The Labute approximate surface area is 175 Å². The predicted molar refractivity (Wildman–Crippen MR) is 115 cm³/mol. The average molecular weight is 411 g/mol. The van der Waals surface area contributed by atoms with E-state index in [-0.39, 0.29) is 5.56 Å². The molecule has 8 heteroatoms. The van der Waals surface area contributed by atoms with Gasteiger partial charge < -0.3 is 29.0 Å². The van der Waals surface area contributed by atoms with Crippen molar-refractivity contribution in [3.63, 3.8) is 0 Å². The van der Waals surface area contributed by atoms with Gasteiger partial charge in [0.1, 0.15) is 12.3 Å². The molecule has 1 saturated heterocycles. The lowest BCUT2D eigenvalue weighted by atomic mass is 10.2. The highest BCUT2D eigenvalue weighted by Gasteiger charge is 2.22. The number of quaternary nitrogens is 1. The van der Waals surface area contributed by atoms with Gasteiger partial charge in [-0.05, 0) is 18.2 Å². The number of ether oxygens (including phenoxy) is 3. The molecular formula is C22H27N4O4+. The number of H-pyrrole nitrogens is 1. The number of hydrogen-bond donors (Lipinski definition) is 2. The number of methoxy groups -OCH3 is 3. The first-order chi connectivity index (χ1) is 14.6. The molecule has 1 aliphatic heterocycles. The van der Waals surface area contributed by atoms with Crippen LogP contribution >= 0.6 is 0 Å². The monoisotopic (exact) mass is 411 g/mol. The molecule has 0 unspecified atom stereocenters.